The van der Waals surface area contributed by atoms with Crippen LogP contribution in [0.3, 0.4) is 0 Å². The van der Waals surface area contributed by atoms with E-state index >= 15 is 0 Å². The SMILES string of the molecule is CC[C@H](C(=O)N[C@@H](C)c1ccc(OC)cc1)N(c1cccc([N+](=O)[O-])c1)S(C)(=O)=O. The Balaban J connectivity index is 2.33. The number of nitro groups is 1. The first-order chi connectivity index (χ1) is 14.1. The molecule has 0 heterocycles. The van der Waals surface area contributed by atoms with Gasteiger partial charge in [0.2, 0.25) is 15.9 Å². The average molecular weight is 436 g/mol. The summed E-state index contributed by atoms with van der Waals surface area (Å²) in [6.45, 7) is 3.46. The lowest BCUT2D eigenvalue weighted by molar-refractivity contribution is -0.384. The zero-order valence-corrected chi connectivity index (χ0v) is 18.0. The first kappa shape index (κ1) is 23.1. The van der Waals surface area contributed by atoms with Crippen molar-refractivity contribution in [2.24, 2.45) is 0 Å². The summed E-state index contributed by atoms with van der Waals surface area (Å²) in [6, 6.07) is 10.9. The van der Waals surface area contributed by atoms with E-state index < -0.39 is 26.9 Å². The fourth-order valence-corrected chi connectivity index (χ4v) is 4.29. The summed E-state index contributed by atoms with van der Waals surface area (Å²) in [5.74, 6) is 0.176. The van der Waals surface area contributed by atoms with Crippen molar-refractivity contribution >= 4 is 27.3 Å². The van der Waals surface area contributed by atoms with Gasteiger partial charge in [-0.15, -0.1) is 0 Å². The second-order valence-corrected chi connectivity index (χ2v) is 8.62. The Kier molecular flexibility index (Phi) is 7.38. The predicted molar refractivity (Wildman–Crippen MR) is 114 cm³/mol. The lowest BCUT2D eigenvalue weighted by Crippen LogP contribution is -2.49. The van der Waals surface area contributed by atoms with Crippen LogP contribution >= 0.6 is 0 Å². The summed E-state index contributed by atoms with van der Waals surface area (Å²) < 4.78 is 31.1. The maximum absolute atomic E-state index is 13.0. The standard InChI is InChI=1S/C20H25N3O6S/c1-5-19(20(24)21-14(2)15-9-11-18(29-3)12-10-15)22(30(4,27)28)16-7-6-8-17(13-16)23(25)26/h6-14,19H,5H2,1-4H3,(H,21,24)/t14-,19+/m0/s1. The molecule has 1 N–H and O–H groups in total. The second-order valence-electron chi connectivity index (χ2n) is 6.76. The van der Waals surface area contributed by atoms with Crippen molar-refractivity contribution in [3.05, 3.63) is 64.2 Å². The number of nitro benzene ring substituents is 1. The Hall–Kier alpha value is -3.14. The van der Waals surface area contributed by atoms with Crippen molar-refractivity contribution in [2.45, 2.75) is 32.4 Å². The molecule has 0 fully saturated rings. The molecule has 9 nitrogen and oxygen atoms in total. The van der Waals surface area contributed by atoms with Crippen molar-refractivity contribution in [3.8, 4) is 5.75 Å². The van der Waals surface area contributed by atoms with Crippen molar-refractivity contribution in [2.75, 3.05) is 17.7 Å². The number of nitrogens with one attached hydrogen (secondary N) is 1. The van der Waals surface area contributed by atoms with Crippen molar-refractivity contribution in [1.29, 1.82) is 0 Å². The molecule has 0 aromatic heterocycles. The lowest BCUT2D eigenvalue weighted by atomic mass is 10.1. The maximum Gasteiger partial charge on any atom is 0.271 e. The molecule has 0 spiro atoms. The largest absolute Gasteiger partial charge is 0.497 e. The number of nitrogens with zero attached hydrogens (tertiary/aromatic N) is 2. The average Bonchev–Trinajstić information content (AvgIpc) is 2.70. The Morgan fingerprint density at radius 2 is 1.87 bits per heavy atom. The number of hydrogen-bond donors (Lipinski definition) is 1. The van der Waals surface area contributed by atoms with E-state index in [0.29, 0.717) is 5.75 Å². The third kappa shape index (κ3) is 5.47. The van der Waals surface area contributed by atoms with Crippen LogP contribution < -0.4 is 14.4 Å². The number of anilines is 1. The van der Waals surface area contributed by atoms with E-state index in [2.05, 4.69) is 5.32 Å². The molecule has 162 valence electrons. The topological polar surface area (TPSA) is 119 Å². The highest BCUT2D eigenvalue weighted by Crippen LogP contribution is 2.27. The van der Waals surface area contributed by atoms with Gasteiger partial charge in [-0.25, -0.2) is 8.42 Å². The Morgan fingerprint density at radius 3 is 2.37 bits per heavy atom. The minimum Gasteiger partial charge on any atom is -0.497 e. The van der Waals surface area contributed by atoms with Gasteiger partial charge in [0.05, 0.1) is 30.0 Å². The fourth-order valence-electron chi connectivity index (χ4n) is 3.09. The molecule has 0 saturated heterocycles. The zero-order chi connectivity index (χ0) is 22.5. The number of carbonyl (C=O) groups excluding carboxylic acids is 1. The van der Waals surface area contributed by atoms with Gasteiger partial charge in [-0.05, 0) is 37.1 Å². The number of methoxy groups -OCH3 is 1. The van der Waals surface area contributed by atoms with Gasteiger partial charge in [-0.3, -0.25) is 19.2 Å². The molecule has 2 aromatic rings. The monoisotopic (exact) mass is 435 g/mol. The van der Waals surface area contributed by atoms with Crippen LogP contribution in [0.25, 0.3) is 0 Å². The summed E-state index contributed by atoms with van der Waals surface area (Å²) in [4.78, 5) is 23.5. The summed E-state index contributed by atoms with van der Waals surface area (Å²) in [5, 5.41) is 13.9. The number of ether oxygens (including phenoxy) is 1. The van der Waals surface area contributed by atoms with E-state index in [0.717, 1.165) is 22.2 Å². The third-order valence-electron chi connectivity index (χ3n) is 4.60. The van der Waals surface area contributed by atoms with Crippen LogP contribution in [-0.2, 0) is 14.8 Å². The highest BCUT2D eigenvalue weighted by Gasteiger charge is 2.32. The minimum atomic E-state index is -3.89. The van der Waals surface area contributed by atoms with Gasteiger partial charge in [-0.2, -0.15) is 0 Å². The molecule has 1 amide bonds. The van der Waals surface area contributed by atoms with Crippen LogP contribution in [0.1, 0.15) is 31.9 Å². The van der Waals surface area contributed by atoms with Crippen LogP contribution in [0.15, 0.2) is 48.5 Å². The Labute approximate surface area is 175 Å². The molecular formula is C20H25N3O6S. The second kappa shape index (κ2) is 9.57. The maximum atomic E-state index is 13.0. The molecule has 10 heteroatoms. The summed E-state index contributed by atoms with van der Waals surface area (Å²) in [7, 11) is -2.34. The van der Waals surface area contributed by atoms with Crippen molar-refractivity contribution in [1.82, 2.24) is 5.32 Å². The van der Waals surface area contributed by atoms with E-state index in [4.69, 9.17) is 4.74 Å². The van der Waals surface area contributed by atoms with E-state index in [1.165, 1.54) is 18.2 Å². The van der Waals surface area contributed by atoms with Gasteiger partial charge in [0.25, 0.3) is 5.69 Å². The molecule has 0 bridgehead atoms. The molecule has 2 aromatic carbocycles. The molecule has 0 saturated carbocycles. The highest BCUT2D eigenvalue weighted by molar-refractivity contribution is 7.92. The van der Waals surface area contributed by atoms with Crippen LogP contribution in [0, 0.1) is 10.1 Å². The number of amides is 1. The Bertz CT molecular complexity index is 1010. The summed E-state index contributed by atoms with van der Waals surface area (Å²) in [5.41, 5.74) is 0.620. The van der Waals surface area contributed by atoms with Gasteiger partial charge in [-0.1, -0.05) is 25.1 Å². The van der Waals surface area contributed by atoms with Crippen LogP contribution in [0.4, 0.5) is 11.4 Å². The van der Waals surface area contributed by atoms with Crippen LogP contribution in [0.5, 0.6) is 5.75 Å². The number of carbonyl (C=O) groups is 1. The number of benzene rings is 2. The summed E-state index contributed by atoms with van der Waals surface area (Å²) in [6.07, 6.45) is 1.14. The van der Waals surface area contributed by atoms with E-state index in [1.54, 1.807) is 45.2 Å². The van der Waals surface area contributed by atoms with Crippen LogP contribution in [0.2, 0.25) is 0 Å². The minimum absolute atomic E-state index is 0.0609. The highest BCUT2D eigenvalue weighted by atomic mass is 32.2. The fraction of sp³-hybridized carbons (Fsp3) is 0.350. The molecule has 2 atom stereocenters. The molecule has 30 heavy (non-hydrogen) atoms. The first-order valence-corrected chi connectivity index (χ1v) is 11.1. The van der Waals surface area contributed by atoms with Gasteiger partial charge in [0.1, 0.15) is 11.8 Å². The predicted octanol–water partition coefficient (Wildman–Crippen LogP) is 3.03. The normalized spacial score (nSPS) is 13.2. The number of sulfonamides is 1. The van der Waals surface area contributed by atoms with E-state index in [1.807, 2.05) is 0 Å². The van der Waals surface area contributed by atoms with Gasteiger partial charge in [0, 0.05) is 12.1 Å². The van der Waals surface area contributed by atoms with Gasteiger partial charge < -0.3 is 10.1 Å². The van der Waals surface area contributed by atoms with Crippen molar-refractivity contribution < 1.29 is 22.9 Å². The molecule has 0 unspecified atom stereocenters. The smallest absolute Gasteiger partial charge is 0.271 e. The molecule has 0 aliphatic rings. The summed E-state index contributed by atoms with van der Waals surface area (Å²) >= 11 is 0. The number of hydrogen-bond acceptors (Lipinski definition) is 6. The Morgan fingerprint density at radius 1 is 1.23 bits per heavy atom. The van der Waals surface area contributed by atoms with Gasteiger partial charge >= 0.3 is 0 Å². The lowest BCUT2D eigenvalue weighted by Gasteiger charge is -2.31. The number of rotatable bonds is 9. The first-order valence-electron chi connectivity index (χ1n) is 9.26. The quantitative estimate of drug-likeness (QED) is 0.478. The molecular weight excluding hydrogens is 410 g/mol. The molecule has 2 rings (SSSR count). The van der Waals surface area contributed by atoms with Gasteiger partial charge in [0.15, 0.2) is 0 Å². The van der Waals surface area contributed by atoms with E-state index in [-0.39, 0.29) is 23.8 Å². The van der Waals surface area contributed by atoms with E-state index in [9.17, 15) is 23.3 Å². The molecule has 0 radical (unpaired) electrons. The van der Waals surface area contributed by atoms with Crippen LogP contribution in [-0.4, -0.2) is 38.7 Å². The number of non-ortho nitro benzene ring substituents is 1. The molecule has 0 aliphatic carbocycles. The van der Waals surface area contributed by atoms with Crippen molar-refractivity contribution in [3.63, 3.8) is 0 Å². The zero-order valence-electron chi connectivity index (χ0n) is 17.2. The molecule has 0 aliphatic heterocycles. The third-order valence-corrected chi connectivity index (χ3v) is 5.78.